The molecule has 0 bridgehead atoms. The van der Waals surface area contributed by atoms with E-state index in [4.69, 9.17) is 4.74 Å². The monoisotopic (exact) mass is 424 g/mol. The van der Waals surface area contributed by atoms with E-state index in [9.17, 15) is 12.8 Å². The normalized spacial score (nSPS) is 21.8. The first-order valence-electron chi connectivity index (χ1n) is 9.25. The van der Waals surface area contributed by atoms with E-state index in [0.29, 0.717) is 29.3 Å². The smallest absolute Gasteiger partial charge is 0.215 e. The number of sulfone groups is 1. The number of aromatic nitrogens is 3. The SMILES string of the molecule is C=C(C1(OC)CC1c1ncc(-c2cc(F)nc(NC)c2)n1C)S(=O)(=O)C(C)(C)C.[HH]. The lowest BCUT2D eigenvalue weighted by Crippen LogP contribution is -2.35. The summed E-state index contributed by atoms with van der Waals surface area (Å²) in [5.74, 6) is 0.212. The molecule has 9 heteroatoms. The predicted octanol–water partition coefficient (Wildman–Crippen LogP) is 3.51. The van der Waals surface area contributed by atoms with Gasteiger partial charge in [0.15, 0.2) is 9.84 Å². The van der Waals surface area contributed by atoms with Gasteiger partial charge in [0.2, 0.25) is 5.95 Å². The molecule has 0 amide bonds. The molecule has 1 fully saturated rings. The number of anilines is 1. The quantitative estimate of drug-likeness (QED) is 0.714. The van der Waals surface area contributed by atoms with Crippen LogP contribution in [-0.4, -0.2) is 47.5 Å². The van der Waals surface area contributed by atoms with E-state index < -0.39 is 26.1 Å². The van der Waals surface area contributed by atoms with Crippen molar-refractivity contribution in [1.82, 2.24) is 14.5 Å². The molecule has 0 aliphatic heterocycles. The highest BCUT2D eigenvalue weighted by Gasteiger charge is 2.63. The van der Waals surface area contributed by atoms with Crippen LogP contribution in [0.2, 0.25) is 0 Å². The topological polar surface area (TPSA) is 86.1 Å². The van der Waals surface area contributed by atoms with Gasteiger partial charge in [-0.15, -0.1) is 0 Å². The number of nitrogens with zero attached hydrogens (tertiary/aromatic N) is 3. The Labute approximate surface area is 172 Å². The number of halogens is 1. The molecular weight excluding hydrogens is 395 g/mol. The van der Waals surface area contributed by atoms with E-state index in [-0.39, 0.29) is 12.2 Å². The van der Waals surface area contributed by atoms with Crippen LogP contribution in [0.4, 0.5) is 10.2 Å². The molecule has 7 nitrogen and oxygen atoms in total. The molecule has 1 aliphatic carbocycles. The summed E-state index contributed by atoms with van der Waals surface area (Å²) in [5.41, 5.74) is 0.300. The second-order valence-electron chi connectivity index (χ2n) is 8.26. The highest BCUT2D eigenvalue weighted by molar-refractivity contribution is 7.96. The van der Waals surface area contributed by atoms with Gasteiger partial charge in [-0.25, -0.2) is 18.4 Å². The van der Waals surface area contributed by atoms with Crippen LogP contribution in [0.1, 0.15) is 40.4 Å². The average Bonchev–Trinajstić information content (AvgIpc) is 3.26. The predicted molar refractivity (Wildman–Crippen MR) is 113 cm³/mol. The molecule has 0 spiro atoms. The minimum absolute atomic E-state index is 0. The summed E-state index contributed by atoms with van der Waals surface area (Å²) in [6.07, 6.45) is 2.11. The Kier molecular flexibility index (Phi) is 5.11. The van der Waals surface area contributed by atoms with Crippen molar-refractivity contribution in [2.75, 3.05) is 19.5 Å². The molecule has 2 aromatic rings. The molecule has 160 valence electrons. The summed E-state index contributed by atoms with van der Waals surface area (Å²) in [4.78, 5) is 8.33. The Morgan fingerprint density at radius 3 is 2.66 bits per heavy atom. The van der Waals surface area contributed by atoms with Crippen LogP contribution in [0.3, 0.4) is 0 Å². The number of pyridine rings is 1. The first-order chi connectivity index (χ1) is 13.4. The van der Waals surface area contributed by atoms with Crippen molar-refractivity contribution in [1.29, 1.82) is 0 Å². The number of rotatable bonds is 6. The molecule has 0 radical (unpaired) electrons. The van der Waals surface area contributed by atoms with Gasteiger partial charge in [-0.2, -0.15) is 4.39 Å². The van der Waals surface area contributed by atoms with Gasteiger partial charge in [0.25, 0.3) is 0 Å². The molecule has 3 rings (SSSR count). The fourth-order valence-electron chi connectivity index (χ4n) is 3.58. The Bertz CT molecular complexity index is 1080. The van der Waals surface area contributed by atoms with Gasteiger partial charge in [0, 0.05) is 34.3 Å². The Balaban J connectivity index is 0.00000320. The van der Waals surface area contributed by atoms with Crippen molar-refractivity contribution < 1.29 is 19.0 Å². The Morgan fingerprint density at radius 1 is 1.45 bits per heavy atom. The van der Waals surface area contributed by atoms with Crippen molar-refractivity contribution >= 4 is 15.7 Å². The summed E-state index contributed by atoms with van der Waals surface area (Å²) in [5, 5.41) is 2.83. The van der Waals surface area contributed by atoms with Gasteiger partial charge in [0.05, 0.1) is 27.5 Å². The standard InChI is InChI=1S/C20H27FN4O3S.H2/c1-12(29(26,27)19(2,3)4)20(28-7)10-14(20)18-23-11-15(25(18)6)13-8-16(21)24-17(9-13)22-5;/h8-9,11,14H,1,10H2,2-7H3,(H,22,24);1H. The second-order valence-corrected chi connectivity index (χ2v) is 11.0. The van der Waals surface area contributed by atoms with Crippen LogP contribution >= 0.6 is 0 Å². The summed E-state index contributed by atoms with van der Waals surface area (Å²) in [6, 6.07) is 3.06. The lowest BCUT2D eigenvalue weighted by molar-refractivity contribution is 0.110. The molecular formula is C20H29FN4O3S. The summed E-state index contributed by atoms with van der Waals surface area (Å²) in [6.45, 7) is 8.82. The average molecular weight is 425 g/mol. The van der Waals surface area contributed by atoms with Crippen LogP contribution in [0.5, 0.6) is 0 Å². The highest BCUT2D eigenvalue weighted by atomic mass is 32.2. The summed E-state index contributed by atoms with van der Waals surface area (Å²) in [7, 11) is 1.35. The van der Waals surface area contributed by atoms with E-state index in [0.717, 1.165) is 0 Å². The number of ether oxygens (including phenoxy) is 1. The maximum absolute atomic E-state index is 13.9. The molecule has 0 aromatic carbocycles. The van der Waals surface area contributed by atoms with Gasteiger partial charge >= 0.3 is 0 Å². The minimum Gasteiger partial charge on any atom is -0.373 e. The molecule has 0 saturated heterocycles. The molecule has 2 heterocycles. The lowest BCUT2D eigenvalue weighted by atomic mass is 10.2. The number of hydrogen-bond donors (Lipinski definition) is 1. The number of hydrogen-bond acceptors (Lipinski definition) is 6. The largest absolute Gasteiger partial charge is 0.373 e. The zero-order chi connectivity index (χ0) is 21.8. The maximum Gasteiger partial charge on any atom is 0.215 e. The van der Waals surface area contributed by atoms with Crippen molar-refractivity contribution in [3.63, 3.8) is 0 Å². The van der Waals surface area contributed by atoms with Crippen molar-refractivity contribution in [3.05, 3.63) is 41.6 Å². The molecule has 2 aromatic heterocycles. The fraction of sp³-hybridized carbons (Fsp3) is 0.500. The first-order valence-corrected chi connectivity index (χ1v) is 10.7. The lowest BCUT2D eigenvalue weighted by Gasteiger charge is -2.26. The third-order valence-corrected chi connectivity index (χ3v) is 8.17. The first kappa shape index (κ1) is 21.4. The fourth-order valence-corrected chi connectivity index (χ4v) is 5.08. The van der Waals surface area contributed by atoms with Gasteiger partial charge in [-0.3, -0.25) is 0 Å². The van der Waals surface area contributed by atoms with E-state index in [1.165, 1.54) is 13.2 Å². The Hall–Kier alpha value is -2.26. The van der Waals surface area contributed by atoms with Crippen LogP contribution in [-0.2, 0) is 21.6 Å². The number of imidazole rings is 1. The number of nitrogens with one attached hydrogen (secondary N) is 1. The van der Waals surface area contributed by atoms with Gasteiger partial charge in [-0.1, -0.05) is 6.58 Å². The molecule has 29 heavy (non-hydrogen) atoms. The van der Waals surface area contributed by atoms with Gasteiger partial charge < -0.3 is 14.6 Å². The van der Waals surface area contributed by atoms with Gasteiger partial charge in [0.1, 0.15) is 17.2 Å². The van der Waals surface area contributed by atoms with Crippen LogP contribution < -0.4 is 5.32 Å². The van der Waals surface area contributed by atoms with E-state index in [1.54, 1.807) is 40.1 Å². The van der Waals surface area contributed by atoms with Crippen molar-refractivity contribution in [2.24, 2.45) is 7.05 Å². The third-order valence-electron chi connectivity index (χ3n) is 5.56. The second kappa shape index (κ2) is 6.91. The maximum atomic E-state index is 13.9. The molecule has 2 atom stereocenters. The van der Waals surface area contributed by atoms with Crippen LogP contribution in [0, 0.1) is 5.95 Å². The van der Waals surface area contributed by atoms with Crippen molar-refractivity contribution in [3.8, 4) is 11.3 Å². The van der Waals surface area contributed by atoms with E-state index >= 15 is 0 Å². The zero-order valence-corrected chi connectivity index (χ0v) is 18.4. The van der Waals surface area contributed by atoms with Crippen LogP contribution in [0.15, 0.2) is 29.8 Å². The van der Waals surface area contributed by atoms with Gasteiger partial charge in [-0.05, 0) is 33.3 Å². The minimum atomic E-state index is -3.62. The number of methoxy groups -OCH3 is 1. The molecule has 2 unspecified atom stereocenters. The van der Waals surface area contributed by atoms with Crippen molar-refractivity contribution in [2.45, 2.75) is 43.5 Å². The highest BCUT2D eigenvalue weighted by Crippen LogP contribution is 2.59. The summed E-state index contributed by atoms with van der Waals surface area (Å²) < 4.78 is 46.2. The zero-order valence-electron chi connectivity index (χ0n) is 17.6. The summed E-state index contributed by atoms with van der Waals surface area (Å²) >= 11 is 0. The Morgan fingerprint density at radius 2 is 2.10 bits per heavy atom. The van der Waals surface area contributed by atoms with Crippen LogP contribution in [0.25, 0.3) is 11.3 Å². The molecule has 1 N–H and O–H groups in total. The molecule has 1 aliphatic rings. The van der Waals surface area contributed by atoms with E-state index in [2.05, 4.69) is 21.9 Å². The molecule has 1 saturated carbocycles. The van der Waals surface area contributed by atoms with E-state index in [1.807, 2.05) is 11.6 Å². The third kappa shape index (κ3) is 3.36.